The number of anilines is 5. The summed E-state index contributed by atoms with van der Waals surface area (Å²) in [6, 6.07) is 72.9. The minimum Gasteiger partial charge on any atom is -0.383 e. The average Bonchev–Trinajstić information content (AvgIpc) is 1.60. The highest BCUT2D eigenvalue weighted by Crippen LogP contribution is 2.44. The summed E-state index contributed by atoms with van der Waals surface area (Å²) in [7, 11) is -3.94. The highest BCUT2D eigenvalue weighted by molar-refractivity contribution is 8.03. The SMILES string of the molecule is C=S1(=O)C=Cc2c(-c3cnc(N)c(-c4ccc5c(c4)CCNC5=O)c3)cccc21.Cn1cnc2c(-c3cnc(N)c(-c4ccc5c(c4)CCNC5=O)c3)cccc21.Nc1ncc(-c2cccc(S(=O)(=O)NC3CC3)c2)cc1-c1ccc2c(c1)CCCC2=O.Nc1ncc(-c2cccc3c2C=CC3)cc1-c1ccc2c(c1)CCNC2=O.Nc1ncc(-c2cccc3ccsc23)cc1-c1ccc2c(c1)CCNC2=O. The summed E-state index contributed by atoms with van der Waals surface area (Å²) in [5.74, 6) is 6.25. The number of aryl methyl sites for hydroxylation is 2. The lowest BCUT2D eigenvalue weighted by atomic mass is 9.88. The zero-order valence-corrected chi connectivity index (χ0v) is 79.9. The van der Waals surface area contributed by atoms with Gasteiger partial charge in [0.05, 0.1) is 22.3 Å². The first-order valence-electron chi connectivity index (χ1n) is 46.9. The highest BCUT2D eigenvalue weighted by atomic mass is 32.2. The molecule has 7 aromatic heterocycles. The van der Waals surface area contributed by atoms with Gasteiger partial charge in [-0.05, 0) is 260 Å². The van der Waals surface area contributed by atoms with Crippen molar-refractivity contribution in [1.82, 2.24) is 60.5 Å². The molecular formula is C114H97N17O8S3. The van der Waals surface area contributed by atoms with Crippen molar-refractivity contribution in [3.63, 3.8) is 0 Å². The molecule has 8 aliphatic rings. The van der Waals surface area contributed by atoms with E-state index in [0.717, 1.165) is 235 Å². The molecule has 704 valence electrons. The van der Waals surface area contributed by atoms with Crippen molar-refractivity contribution in [3.05, 3.63) is 351 Å². The molecule has 1 unspecified atom stereocenters. The Morgan fingerprint density at radius 1 is 0.394 bits per heavy atom. The number of allylic oxidation sites excluding steroid dienone is 1. The van der Waals surface area contributed by atoms with Gasteiger partial charge in [0.15, 0.2) is 5.78 Å². The Bertz CT molecular complexity index is 8430. The van der Waals surface area contributed by atoms with Crippen molar-refractivity contribution in [2.45, 2.75) is 80.0 Å². The highest BCUT2D eigenvalue weighted by Gasteiger charge is 2.31. The van der Waals surface area contributed by atoms with Crippen LogP contribution in [0.1, 0.15) is 122 Å². The Labute approximate surface area is 824 Å². The minimum atomic E-state index is -3.54. The second kappa shape index (κ2) is 38.3. The molecule has 25 rings (SSSR count). The van der Waals surface area contributed by atoms with Crippen LogP contribution in [0.2, 0.25) is 0 Å². The van der Waals surface area contributed by atoms with Crippen LogP contribution in [0.4, 0.5) is 29.1 Å². The number of Topliss-reactive ketones (excluding diaryl/α,β-unsaturated/α-hetero) is 1. The molecule has 12 heterocycles. The number of amides is 4. The van der Waals surface area contributed by atoms with Gasteiger partial charge in [0.25, 0.3) is 23.6 Å². The smallest absolute Gasteiger partial charge is 0.251 e. The molecule has 3 aliphatic carbocycles. The third-order valence-corrected chi connectivity index (χ3v) is 31.2. The van der Waals surface area contributed by atoms with Crippen molar-refractivity contribution in [1.29, 1.82) is 0 Å². The van der Waals surface area contributed by atoms with Crippen LogP contribution in [0.5, 0.6) is 0 Å². The number of hydrogen-bond donors (Lipinski definition) is 10. The van der Waals surface area contributed by atoms with E-state index in [9.17, 15) is 36.6 Å². The van der Waals surface area contributed by atoms with E-state index < -0.39 is 19.5 Å². The number of ketones is 1. The average molecular weight is 1930 g/mol. The molecule has 1 atom stereocenters. The lowest BCUT2D eigenvalue weighted by Gasteiger charge is -2.18. The van der Waals surface area contributed by atoms with Gasteiger partial charge in [0, 0.05) is 190 Å². The van der Waals surface area contributed by atoms with E-state index in [1.807, 2.05) is 170 Å². The van der Waals surface area contributed by atoms with Gasteiger partial charge in [-0.3, -0.25) is 28.2 Å². The predicted molar refractivity (Wildman–Crippen MR) is 567 cm³/mol. The summed E-state index contributed by atoms with van der Waals surface area (Å²) < 4.78 is 43.8. The number of nitrogens with zero attached hydrogens (tertiary/aromatic N) is 7. The number of carbonyl (C=O) groups is 5. The van der Waals surface area contributed by atoms with E-state index in [2.05, 4.69) is 152 Å². The maximum Gasteiger partial charge on any atom is 0.251 e. The molecule has 142 heavy (non-hydrogen) atoms. The van der Waals surface area contributed by atoms with Crippen LogP contribution in [0.15, 0.2) is 288 Å². The maximum absolute atomic E-state index is 12.6. The normalized spacial score (nSPS) is 15.5. The van der Waals surface area contributed by atoms with Crippen LogP contribution in [0.25, 0.3) is 145 Å². The van der Waals surface area contributed by atoms with Crippen molar-refractivity contribution in [2.24, 2.45) is 7.05 Å². The van der Waals surface area contributed by atoms with Crippen molar-refractivity contribution in [2.75, 3.05) is 54.8 Å². The van der Waals surface area contributed by atoms with Gasteiger partial charge in [0.2, 0.25) is 10.0 Å². The maximum atomic E-state index is 12.6. The Kier molecular flexibility index (Phi) is 24.7. The van der Waals surface area contributed by atoms with Crippen LogP contribution >= 0.6 is 11.3 Å². The number of rotatable bonds is 13. The molecular weight excluding hydrogens is 1830 g/mol. The molecule has 1 saturated carbocycles. The number of pyridine rings is 5. The molecule has 15 N–H and O–H groups in total. The third-order valence-electron chi connectivity index (χ3n) is 27.1. The number of nitrogens with two attached hydrogens (primary N) is 5. The number of thiophene rings is 1. The fourth-order valence-electron chi connectivity index (χ4n) is 19.5. The number of para-hydroxylation sites is 1. The largest absolute Gasteiger partial charge is 0.383 e. The fraction of sp³-hybridized carbons (Fsp3) is 0.140. The number of imidazole rings is 1. The second-order valence-electron chi connectivity index (χ2n) is 36.3. The first kappa shape index (κ1) is 91.7. The van der Waals surface area contributed by atoms with E-state index in [4.69, 9.17) is 28.7 Å². The fourth-order valence-corrected chi connectivity index (χ4v) is 23.1. The van der Waals surface area contributed by atoms with Gasteiger partial charge in [-0.25, -0.2) is 43.0 Å². The number of carbonyl (C=O) groups excluding carboxylic acids is 5. The van der Waals surface area contributed by atoms with Crippen molar-refractivity contribution < 1.29 is 36.6 Å². The van der Waals surface area contributed by atoms with Crippen LogP contribution < -0.4 is 54.7 Å². The Balaban J connectivity index is 0.000000105. The van der Waals surface area contributed by atoms with Crippen molar-refractivity contribution in [3.8, 4) is 111 Å². The standard InChI is InChI=1S/C24H23N3O3S.C23H19N3O2S.C23H19N3O.C22H19N5O.C22H17N3OS/c25-24-22(17-7-10-21-16(11-17)4-2-6-23(21)28)13-18(14-26-24)15-3-1-5-20(12-15)31(29,30)27-19-8-9-19;1-29(28)10-8-19-17(3-2-4-21(19)29)16-12-20(22(24)26-13-16)14-5-6-18-15(11-14)7-9-25-23(18)27;24-22-21(15-7-8-20-16(11-15)9-10-25-23(20)27)12-17(13-26-22)19-6-2-4-14-3-1-5-18(14)19;1-27-12-26-20-16(3-2-4-19(20)27)15-10-18(21(23)25-11-15)13-5-6-17-14(9-13)7-8-24-22(17)28;23-21-19(14-4-5-18-15(10-14)6-8-24-22(18)26)11-16(12-25-21)17-3-1-2-13-7-9-27-20(13)17/h1,3,5,7,10-14,19,27H,2,4,6,8-9H2,(H2,25,26);2-6,8,10-13H,1,7,9H2,(H2,24,26)(H,25,27);1-2,4-8,11-13H,3,9-10H2,(H2,24,26)(H,25,27);2-6,9-12H,7-8H2,1H3,(H2,23,25)(H,24,28);1-5,7,9-12H,6,8H2,(H2,23,25)(H,24,26). The van der Waals surface area contributed by atoms with E-state index in [1.54, 1.807) is 53.5 Å². The van der Waals surface area contributed by atoms with Gasteiger partial charge in [-0.1, -0.05) is 152 Å². The molecule has 10 aromatic carbocycles. The number of nitrogens with one attached hydrogen (secondary N) is 5. The van der Waals surface area contributed by atoms with E-state index in [1.165, 1.54) is 26.8 Å². The van der Waals surface area contributed by atoms with Gasteiger partial charge in [-0.15, -0.1) is 11.3 Å². The van der Waals surface area contributed by atoms with Gasteiger partial charge < -0.3 is 54.5 Å². The zero-order chi connectivity index (χ0) is 97.8. The van der Waals surface area contributed by atoms with E-state index in [-0.39, 0.29) is 40.3 Å². The molecule has 1 fully saturated rings. The number of nitrogen functional groups attached to an aromatic ring is 5. The topological polar surface area (TPSA) is 409 Å². The molecule has 4 amide bonds. The van der Waals surface area contributed by atoms with Crippen LogP contribution in [-0.2, 0) is 65.1 Å². The monoisotopic (exact) mass is 1930 g/mol. The molecule has 5 aliphatic heterocycles. The molecule has 0 spiro atoms. The second-order valence-corrected chi connectivity index (χ2v) is 41.1. The number of hydrogen-bond acceptors (Lipinski definition) is 20. The van der Waals surface area contributed by atoms with E-state index >= 15 is 0 Å². The summed E-state index contributed by atoms with van der Waals surface area (Å²) >= 11 is 1.73. The van der Waals surface area contributed by atoms with Crippen molar-refractivity contribution >= 4 is 129 Å². The van der Waals surface area contributed by atoms with Gasteiger partial charge >= 0.3 is 0 Å². The number of fused-ring (bicyclic) bond motifs is 9. The quantitative estimate of drug-likeness (QED) is 0.0479. The van der Waals surface area contributed by atoms with Gasteiger partial charge in [0.1, 0.15) is 29.1 Å². The predicted octanol–water partition coefficient (Wildman–Crippen LogP) is 18.8. The van der Waals surface area contributed by atoms with Crippen LogP contribution in [0, 0.1) is 0 Å². The molecule has 28 heteroatoms. The number of aromatic nitrogens is 7. The summed E-state index contributed by atoms with van der Waals surface area (Å²) in [6.45, 7) is 2.63. The number of benzene rings is 10. The summed E-state index contributed by atoms with van der Waals surface area (Å²) in [5, 5.41) is 16.5. The minimum absolute atomic E-state index is 0.00529. The molecule has 0 radical (unpaired) electrons. The first-order valence-corrected chi connectivity index (χ1v) is 51.1. The Hall–Kier alpha value is -16.7. The Morgan fingerprint density at radius 2 is 0.817 bits per heavy atom. The Morgan fingerprint density at radius 3 is 1.32 bits per heavy atom. The molecule has 25 nitrogen and oxygen atoms in total. The van der Waals surface area contributed by atoms with E-state index in [0.29, 0.717) is 67.3 Å². The third kappa shape index (κ3) is 18.4. The van der Waals surface area contributed by atoms with Gasteiger partial charge in [-0.2, -0.15) is 0 Å². The summed E-state index contributed by atoms with van der Waals surface area (Å²) in [4.78, 5) is 87.8. The summed E-state index contributed by atoms with van der Waals surface area (Å²) in [6.07, 6.45) is 25.2. The lowest BCUT2D eigenvalue weighted by Crippen LogP contribution is -2.31. The molecule has 0 saturated heterocycles. The number of sulfonamides is 1. The van der Waals surface area contributed by atoms with Crippen LogP contribution in [0.3, 0.4) is 0 Å². The van der Waals surface area contributed by atoms with Crippen LogP contribution in [-0.4, -0.2) is 115 Å². The molecule has 0 bridgehead atoms. The lowest BCUT2D eigenvalue weighted by molar-refractivity contribution is 0.0937. The first-order chi connectivity index (χ1) is 68.9. The zero-order valence-electron chi connectivity index (χ0n) is 77.4. The molecule has 17 aromatic rings. The summed E-state index contributed by atoms with van der Waals surface area (Å²) in [5.41, 5.74) is 64.3.